The molecule has 0 spiro atoms. The van der Waals surface area contributed by atoms with E-state index in [1.165, 1.54) is 25.7 Å². The summed E-state index contributed by atoms with van der Waals surface area (Å²) in [6, 6.07) is 6.35. The number of nitrogens with two attached hydrogens (primary N) is 1. The van der Waals surface area contributed by atoms with Crippen molar-refractivity contribution in [3.05, 3.63) is 28.8 Å². The number of hydrogen-bond acceptors (Lipinski definition) is 3. The Kier molecular flexibility index (Phi) is 3.85. The summed E-state index contributed by atoms with van der Waals surface area (Å²) in [7, 11) is 0. The van der Waals surface area contributed by atoms with Crippen LogP contribution in [0.2, 0.25) is 5.02 Å². The quantitative estimate of drug-likeness (QED) is 0.875. The van der Waals surface area contributed by atoms with Crippen molar-refractivity contribution in [1.82, 2.24) is 5.32 Å². The highest BCUT2D eigenvalue weighted by molar-refractivity contribution is 6.31. The fourth-order valence-electron chi connectivity index (χ4n) is 2.93. The van der Waals surface area contributed by atoms with Gasteiger partial charge in [0.2, 0.25) is 0 Å². The molecule has 1 aromatic carbocycles. The zero-order valence-corrected chi connectivity index (χ0v) is 12.2. The van der Waals surface area contributed by atoms with E-state index in [4.69, 9.17) is 17.3 Å². The van der Waals surface area contributed by atoms with Crippen LogP contribution in [0.15, 0.2) is 18.2 Å². The predicted molar refractivity (Wildman–Crippen MR) is 81.4 cm³/mol. The largest absolute Gasteiger partial charge is 0.366 e. The first-order valence-corrected chi connectivity index (χ1v) is 7.62. The maximum absolute atomic E-state index is 11.7. The molecule has 0 aromatic heterocycles. The summed E-state index contributed by atoms with van der Waals surface area (Å²) in [5, 5.41) is 4.16. The Labute approximate surface area is 124 Å². The summed E-state index contributed by atoms with van der Waals surface area (Å²) in [5.41, 5.74) is 6.97. The Hall–Kier alpha value is -1.26. The highest BCUT2D eigenvalue weighted by atomic mass is 35.5. The molecule has 3 N–H and O–H groups in total. The van der Waals surface area contributed by atoms with Crippen molar-refractivity contribution in [3.8, 4) is 0 Å². The van der Waals surface area contributed by atoms with Crippen molar-refractivity contribution in [2.24, 2.45) is 5.73 Å². The second-order valence-electron chi connectivity index (χ2n) is 5.70. The number of nitrogens with one attached hydrogen (secondary N) is 1. The van der Waals surface area contributed by atoms with Gasteiger partial charge in [0.05, 0.1) is 11.3 Å². The zero-order valence-electron chi connectivity index (χ0n) is 11.4. The molecule has 1 unspecified atom stereocenters. The molecule has 1 saturated carbocycles. The van der Waals surface area contributed by atoms with E-state index >= 15 is 0 Å². The number of nitrogens with zero attached hydrogens (tertiary/aromatic N) is 1. The number of primary amides is 1. The maximum Gasteiger partial charge on any atom is 0.250 e. The second kappa shape index (κ2) is 5.62. The Balaban J connectivity index is 1.89. The first-order valence-electron chi connectivity index (χ1n) is 7.24. The molecular weight excluding hydrogens is 274 g/mol. The van der Waals surface area contributed by atoms with Crippen molar-refractivity contribution in [2.45, 2.75) is 37.8 Å². The lowest BCUT2D eigenvalue weighted by Gasteiger charge is -2.29. The Morgan fingerprint density at radius 3 is 2.80 bits per heavy atom. The lowest BCUT2D eigenvalue weighted by molar-refractivity contribution is 0.100. The summed E-state index contributed by atoms with van der Waals surface area (Å²) in [6.07, 6.45) is 4.77. The monoisotopic (exact) mass is 293 g/mol. The molecule has 5 heteroatoms. The minimum Gasteiger partial charge on any atom is -0.366 e. The fourth-order valence-corrected chi connectivity index (χ4v) is 3.10. The molecule has 108 valence electrons. The fraction of sp³-hybridized carbons (Fsp3) is 0.533. The van der Waals surface area contributed by atoms with Gasteiger partial charge in [-0.1, -0.05) is 11.6 Å². The molecule has 1 aliphatic heterocycles. The van der Waals surface area contributed by atoms with Gasteiger partial charge in [-0.25, -0.2) is 0 Å². The zero-order chi connectivity index (χ0) is 14.1. The van der Waals surface area contributed by atoms with Gasteiger partial charge in [0.1, 0.15) is 0 Å². The Bertz CT molecular complexity index is 510. The van der Waals surface area contributed by atoms with Crippen LogP contribution in [0.4, 0.5) is 5.69 Å². The van der Waals surface area contributed by atoms with Crippen molar-refractivity contribution in [1.29, 1.82) is 0 Å². The summed E-state index contributed by atoms with van der Waals surface area (Å²) in [4.78, 5) is 14.0. The van der Waals surface area contributed by atoms with Gasteiger partial charge in [0.15, 0.2) is 0 Å². The summed E-state index contributed by atoms with van der Waals surface area (Å²) < 4.78 is 0. The lowest BCUT2D eigenvalue weighted by atomic mass is 10.1. The highest BCUT2D eigenvalue weighted by Crippen LogP contribution is 2.35. The Morgan fingerprint density at radius 1 is 1.40 bits per heavy atom. The van der Waals surface area contributed by atoms with E-state index in [2.05, 4.69) is 10.2 Å². The first-order chi connectivity index (χ1) is 9.65. The van der Waals surface area contributed by atoms with E-state index in [1.54, 1.807) is 12.1 Å². The van der Waals surface area contributed by atoms with Gasteiger partial charge in [-0.15, -0.1) is 0 Å². The standard InChI is InChI=1S/C15H20ClN3O/c16-10-3-6-13(15(17)20)14(8-10)19(12-4-5-12)9-11-2-1-7-18-11/h3,6,8,11-12,18H,1-2,4-5,7,9H2,(H2,17,20). The third-order valence-corrected chi connectivity index (χ3v) is 4.34. The molecule has 0 bridgehead atoms. The van der Waals surface area contributed by atoms with Crippen LogP contribution in [0.3, 0.4) is 0 Å². The molecule has 2 fully saturated rings. The second-order valence-corrected chi connectivity index (χ2v) is 6.14. The van der Waals surface area contributed by atoms with Gasteiger partial charge in [0, 0.05) is 23.7 Å². The molecule has 20 heavy (non-hydrogen) atoms. The van der Waals surface area contributed by atoms with Crippen LogP contribution in [0, 0.1) is 0 Å². The molecule has 3 rings (SSSR count). The van der Waals surface area contributed by atoms with Crippen molar-refractivity contribution >= 4 is 23.2 Å². The van der Waals surface area contributed by atoms with Gasteiger partial charge < -0.3 is 16.0 Å². The number of anilines is 1. The smallest absolute Gasteiger partial charge is 0.250 e. The molecule has 2 aliphatic rings. The number of amides is 1. The third-order valence-electron chi connectivity index (χ3n) is 4.10. The van der Waals surface area contributed by atoms with Gasteiger partial charge >= 0.3 is 0 Å². The Morgan fingerprint density at radius 2 is 2.20 bits per heavy atom. The maximum atomic E-state index is 11.7. The minimum absolute atomic E-state index is 0.387. The average molecular weight is 294 g/mol. The topological polar surface area (TPSA) is 58.4 Å². The number of carbonyl (C=O) groups excluding carboxylic acids is 1. The van der Waals surface area contributed by atoms with Gasteiger partial charge in [-0.3, -0.25) is 4.79 Å². The number of halogens is 1. The predicted octanol–water partition coefficient (Wildman–Crippen LogP) is 2.16. The molecule has 1 saturated heterocycles. The van der Waals surface area contributed by atoms with E-state index in [0.717, 1.165) is 18.8 Å². The van der Waals surface area contributed by atoms with E-state index < -0.39 is 0 Å². The molecule has 0 radical (unpaired) electrons. The number of benzene rings is 1. The van der Waals surface area contributed by atoms with Crippen LogP contribution < -0.4 is 16.0 Å². The van der Waals surface area contributed by atoms with Crippen molar-refractivity contribution < 1.29 is 4.79 Å². The molecular formula is C15H20ClN3O. The van der Waals surface area contributed by atoms with Crippen molar-refractivity contribution in [3.63, 3.8) is 0 Å². The molecule has 1 amide bonds. The third kappa shape index (κ3) is 2.91. The molecule has 1 aromatic rings. The number of hydrogen-bond donors (Lipinski definition) is 2. The molecule has 1 heterocycles. The van der Waals surface area contributed by atoms with Gasteiger partial charge in [-0.05, 0) is 50.4 Å². The summed E-state index contributed by atoms with van der Waals surface area (Å²) >= 11 is 6.11. The first kappa shape index (κ1) is 13.7. The summed E-state index contributed by atoms with van der Waals surface area (Å²) in [6.45, 7) is 2.01. The number of carbonyl (C=O) groups is 1. The van der Waals surface area contributed by atoms with Crippen LogP contribution in [0.5, 0.6) is 0 Å². The van der Waals surface area contributed by atoms with E-state index in [0.29, 0.717) is 22.7 Å². The van der Waals surface area contributed by atoms with Crippen LogP contribution in [-0.2, 0) is 0 Å². The van der Waals surface area contributed by atoms with Gasteiger partial charge in [-0.2, -0.15) is 0 Å². The van der Waals surface area contributed by atoms with Crippen LogP contribution >= 0.6 is 11.6 Å². The van der Waals surface area contributed by atoms with E-state index in [9.17, 15) is 4.79 Å². The lowest BCUT2D eigenvalue weighted by Crippen LogP contribution is -2.39. The summed E-state index contributed by atoms with van der Waals surface area (Å²) in [5.74, 6) is -0.387. The van der Waals surface area contributed by atoms with Gasteiger partial charge in [0.25, 0.3) is 5.91 Å². The highest BCUT2D eigenvalue weighted by Gasteiger charge is 2.33. The average Bonchev–Trinajstić information content (AvgIpc) is 3.12. The van der Waals surface area contributed by atoms with Crippen molar-refractivity contribution in [2.75, 3.05) is 18.0 Å². The van der Waals surface area contributed by atoms with Crippen LogP contribution in [0.25, 0.3) is 0 Å². The SMILES string of the molecule is NC(=O)c1ccc(Cl)cc1N(CC1CCCN1)C1CC1. The minimum atomic E-state index is -0.387. The van der Waals surface area contributed by atoms with Crippen LogP contribution in [-0.4, -0.2) is 31.1 Å². The van der Waals surface area contributed by atoms with E-state index in [1.807, 2.05) is 6.07 Å². The number of rotatable bonds is 5. The molecule has 1 atom stereocenters. The van der Waals surface area contributed by atoms with Crippen LogP contribution in [0.1, 0.15) is 36.0 Å². The molecule has 1 aliphatic carbocycles. The van der Waals surface area contributed by atoms with E-state index in [-0.39, 0.29) is 5.91 Å². The molecule has 4 nitrogen and oxygen atoms in total. The normalized spacial score (nSPS) is 21.9.